The average Bonchev–Trinajstić information content (AvgIpc) is 3.21. The van der Waals surface area contributed by atoms with E-state index < -0.39 is 24.2 Å². The summed E-state index contributed by atoms with van der Waals surface area (Å²) in [7, 11) is 0. The smallest absolute Gasteiger partial charge is 0.471 e. The third kappa shape index (κ3) is 5.29. The van der Waals surface area contributed by atoms with Crippen molar-refractivity contribution in [2.75, 3.05) is 0 Å². The molecular weight excluding hydrogens is 462 g/mol. The molecule has 1 aromatic heterocycles. The van der Waals surface area contributed by atoms with E-state index in [-0.39, 0.29) is 5.82 Å². The molecule has 0 saturated heterocycles. The van der Waals surface area contributed by atoms with Gasteiger partial charge < -0.3 is 10.1 Å². The Hall–Kier alpha value is -3.88. The monoisotopic (exact) mass is 485 g/mol. The average molecular weight is 485 g/mol. The summed E-state index contributed by atoms with van der Waals surface area (Å²) in [5.41, 5.74) is 3.89. The number of alkyl halides is 3. The van der Waals surface area contributed by atoms with Gasteiger partial charge in [0.2, 0.25) is 0 Å². The van der Waals surface area contributed by atoms with Crippen molar-refractivity contribution in [1.82, 2.24) is 15.1 Å². The molecule has 0 bridgehead atoms. The van der Waals surface area contributed by atoms with E-state index in [1.54, 1.807) is 47.3 Å². The molecule has 0 aliphatic rings. The molecule has 0 spiro atoms. The lowest BCUT2D eigenvalue weighted by molar-refractivity contribution is -0.174. The van der Waals surface area contributed by atoms with Gasteiger partial charge in [0, 0.05) is 5.39 Å². The fraction of sp³-hybridized carbons (Fsp3) is 0.231. The number of nitrogens with one attached hydrogen (secondary N) is 1. The van der Waals surface area contributed by atoms with Crippen molar-refractivity contribution >= 4 is 16.8 Å². The first-order valence-corrected chi connectivity index (χ1v) is 10.9. The molecule has 4 aromatic rings. The number of amides is 1. The molecule has 3 aromatic carbocycles. The maximum absolute atomic E-state index is 13.3. The molecule has 4 rings (SSSR count). The molecule has 9 heteroatoms. The number of ether oxygens (including phenoxy) is 1. The van der Waals surface area contributed by atoms with Gasteiger partial charge in [-0.1, -0.05) is 23.8 Å². The van der Waals surface area contributed by atoms with Gasteiger partial charge in [-0.15, -0.1) is 0 Å². The minimum atomic E-state index is -5.00. The molecule has 1 N–H and O–H groups in total. The van der Waals surface area contributed by atoms with Crippen LogP contribution in [0, 0.1) is 19.7 Å². The van der Waals surface area contributed by atoms with Crippen molar-refractivity contribution in [1.29, 1.82) is 0 Å². The summed E-state index contributed by atoms with van der Waals surface area (Å²) in [5.74, 6) is -1.99. The Morgan fingerprint density at radius 3 is 2.40 bits per heavy atom. The second-order valence-electron chi connectivity index (χ2n) is 8.41. The Bertz CT molecular complexity index is 1360. The summed E-state index contributed by atoms with van der Waals surface area (Å²) >= 11 is 0. The van der Waals surface area contributed by atoms with Crippen LogP contribution in [0.5, 0.6) is 5.75 Å². The predicted octanol–water partition coefficient (Wildman–Crippen LogP) is 5.97. The molecule has 0 unspecified atom stereocenters. The second-order valence-corrected chi connectivity index (χ2v) is 8.41. The molecule has 5 nitrogen and oxygen atoms in total. The van der Waals surface area contributed by atoms with Gasteiger partial charge in [-0.2, -0.15) is 18.3 Å². The molecule has 0 saturated carbocycles. The van der Waals surface area contributed by atoms with Gasteiger partial charge in [0.25, 0.3) is 0 Å². The van der Waals surface area contributed by atoms with Gasteiger partial charge in [0.15, 0.2) is 0 Å². The van der Waals surface area contributed by atoms with Crippen LogP contribution in [-0.2, 0) is 4.79 Å². The summed E-state index contributed by atoms with van der Waals surface area (Å²) < 4.78 is 59.8. The number of fused-ring (bicyclic) bond motifs is 1. The maximum Gasteiger partial charge on any atom is 0.471 e. The van der Waals surface area contributed by atoms with Crippen LogP contribution in [-0.4, -0.2) is 27.9 Å². The van der Waals surface area contributed by atoms with Crippen molar-refractivity contribution in [2.45, 2.75) is 39.1 Å². The summed E-state index contributed by atoms with van der Waals surface area (Å²) in [6, 6.07) is 15.6. The number of hydrogen-bond donors (Lipinski definition) is 1. The lowest BCUT2D eigenvalue weighted by Gasteiger charge is -2.28. The van der Waals surface area contributed by atoms with Crippen LogP contribution in [0.3, 0.4) is 0 Å². The number of halogens is 4. The number of carbonyl (C=O) groups is 1. The van der Waals surface area contributed by atoms with Gasteiger partial charge in [-0.05, 0) is 74.4 Å². The first-order valence-electron chi connectivity index (χ1n) is 10.9. The highest BCUT2D eigenvalue weighted by Gasteiger charge is 2.40. The standard InChI is InChI=1S/C26H23F4N3O2/c1-15-4-10-22(16(2)12-15)24(17(3)32-25(34)26(28,29)30)35-21-9-11-23-18(13-21)14-31-33(23)20-7-5-19(27)6-8-20/h4-14,17,24H,1-3H3,(H,32,34)/t17-,24+/m0/s1. The van der Waals surface area contributed by atoms with Crippen molar-refractivity contribution < 1.29 is 27.1 Å². The number of hydrogen-bond acceptors (Lipinski definition) is 3. The first-order chi connectivity index (χ1) is 16.5. The third-order valence-corrected chi connectivity index (χ3v) is 5.68. The molecule has 182 valence electrons. The van der Waals surface area contributed by atoms with Gasteiger partial charge in [0.1, 0.15) is 17.7 Å². The van der Waals surface area contributed by atoms with E-state index in [1.165, 1.54) is 19.1 Å². The predicted molar refractivity (Wildman–Crippen MR) is 124 cm³/mol. The summed E-state index contributed by atoms with van der Waals surface area (Å²) in [6.07, 6.45) is -4.27. The number of benzene rings is 3. The van der Waals surface area contributed by atoms with Crippen LogP contribution in [0.15, 0.2) is 66.9 Å². The van der Waals surface area contributed by atoms with Crippen LogP contribution >= 0.6 is 0 Å². The van der Waals surface area contributed by atoms with Crippen LogP contribution in [0.25, 0.3) is 16.6 Å². The van der Waals surface area contributed by atoms with Crippen molar-refractivity contribution in [3.63, 3.8) is 0 Å². The Kier molecular flexibility index (Phi) is 6.51. The Labute approximate surface area is 199 Å². The number of carbonyl (C=O) groups excluding carboxylic acids is 1. The molecule has 0 fully saturated rings. The number of nitrogens with zero attached hydrogens (tertiary/aromatic N) is 2. The van der Waals surface area contributed by atoms with E-state index in [4.69, 9.17) is 4.74 Å². The summed E-state index contributed by atoms with van der Waals surface area (Å²) in [4.78, 5) is 11.6. The third-order valence-electron chi connectivity index (χ3n) is 5.68. The van der Waals surface area contributed by atoms with E-state index in [9.17, 15) is 22.4 Å². The molecule has 0 aliphatic heterocycles. The fourth-order valence-electron chi connectivity index (χ4n) is 3.96. The summed E-state index contributed by atoms with van der Waals surface area (Å²) in [6.45, 7) is 5.22. The van der Waals surface area contributed by atoms with Crippen molar-refractivity contribution in [3.8, 4) is 11.4 Å². The second kappa shape index (κ2) is 9.40. The van der Waals surface area contributed by atoms with E-state index in [2.05, 4.69) is 5.10 Å². The highest BCUT2D eigenvalue weighted by molar-refractivity contribution is 5.82. The zero-order chi connectivity index (χ0) is 25.3. The van der Waals surface area contributed by atoms with E-state index in [0.29, 0.717) is 17.0 Å². The normalized spacial score (nSPS) is 13.5. The highest BCUT2D eigenvalue weighted by Crippen LogP contribution is 2.31. The number of aromatic nitrogens is 2. The van der Waals surface area contributed by atoms with Gasteiger partial charge in [0.05, 0.1) is 23.4 Å². The van der Waals surface area contributed by atoms with E-state index in [1.807, 2.05) is 31.3 Å². The van der Waals surface area contributed by atoms with Gasteiger partial charge >= 0.3 is 12.1 Å². The zero-order valence-electron chi connectivity index (χ0n) is 19.2. The zero-order valence-corrected chi connectivity index (χ0v) is 19.2. The van der Waals surface area contributed by atoms with Crippen LogP contribution in [0.1, 0.15) is 29.7 Å². The Morgan fingerprint density at radius 1 is 1.03 bits per heavy atom. The summed E-state index contributed by atoms with van der Waals surface area (Å²) in [5, 5.41) is 7.09. The molecule has 2 atom stereocenters. The molecule has 1 amide bonds. The maximum atomic E-state index is 13.3. The Balaban J connectivity index is 1.67. The lowest BCUT2D eigenvalue weighted by Crippen LogP contribution is -2.45. The van der Waals surface area contributed by atoms with E-state index >= 15 is 0 Å². The molecule has 0 aliphatic carbocycles. The van der Waals surface area contributed by atoms with Crippen LogP contribution < -0.4 is 10.1 Å². The molecule has 35 heavy (non-hydrogen) atoms. The molecular formula is C26H23F4N3O2. The lowest BCUT2D eigenvalue weighted by atomic mass is 9.96. The minimum Gasteiger partial charge on any atom is -0.484 e. The largest absolute Gasteiger partial charge is 0.484 e. The highest BCUT2D eigenvalue weighted by atomic mass is 19.4. The minimum absolute atomic E-state index is 0.356. The SMILES string of the molecule is Cc1ccc([C@H](Oc2ccc3c(cnn3-c3ccc(F)cc3)c2)[C@H](C)NC(=O)C(F)(F)F)c(C)c1. The van der Waals surface area contributed by atoms with Crippen LogP contribution in [0.2, 0.25) is 0 Å². The fourth-order valence-corrected chi connectivity index (χ4v) is 3.96. The number of aryl methyl sites for hydroxylation is 2. The first kappa shape index (κ1) is 24.3. The quantitative estimate of drug-likeness (QED) is 0.343. The van der Waals surface area contributed by atoms with Crippen LogP contribution in [0.4, 0.5) is 17.6 Å². The van der Waals surface area contributed by atoms with E-state index in [0.717, 1.165) is 22.0 Å². The van der Waals surface area contributed by atoms with Crippen molar-refractivity contribution in [2.24, 2.45) is 0 Å². The van der Waals surface area contributed by atoms with Crippen molar-refractivity contribution in [3.05, 3.63) is 89.4 Å². The topological polar surface area (TPSA) is 56.1 Å². The molecule has 1 heterocycles. The van der Waals surface area contributed by atoms with Gasteiger partial charge in [-0.3, -0.25) is 4.79 Å². The van der Waals surface area contributed by atoms with Gasteiger partial charge in [-0.25, -0.2) is 9.07 Å². The Morgan fingerprint density at radius 2 is 1.74 bits per heavy atom. The number of rotatable bonds is 6. The molecule has 0 radical (unpaired) electrons.